The van der Waals surface area contributed by atoms with Crippen LogP contribution in [0.3, 0.4) is 0 Å². The third-order valence-corrected chi connectivity index (χ3v) is 0.449. The van der Waals surface area contributed by atoms with Crippen LogP contribution in [0.5, 0.6) is 0 Å². The highest BCUT2D eigenvalue weighted by Gasteiger charge is 1.67. The van der Waals surface area contributed by atoms with Crippen LogP contribution in [-0.2, 0) is 0 Å². The molecule has 0 aliphatic carbocycles. The highest BCUT2D eigenvalue weighted by Crippen LogP contribution is 1.34. The Morgan fingerprint density at radius 3 is 3.00 bits per heavy atom. The molecule has 0 rings (SSSR count). The van der Waals surface area contributed by atoms with E-state index in [1.807, 2.05) is 6.92 Å². The molecule has 3 nitrogen and oxygen atoms in total. The molecule has 0 aromatic carbocycles. The molecule has 7 heavy (non-hydrogen) atoms. The van der Waals surface area contributed by atoms with Gasteiger partial charge < -0.3 is 5.41 Å². The summed E-state index contributed by atoms with van der Waals surface area (Å²) in [5, 5.41) is 10.2. The molecule has 0 atom stereocenters. The first-order chi connectivity index (χ1) is 3.41. The van der Waals surface area contributed by atoms with Crippen molar-refractivity contribution in [1.29, 1.82) is 5.41 Å². The predicted molar refractivity (Wildman–Crippen MR) is 29.7 cm³/mol. The van der Waals surface area contributed by atoms with Crippen molar-refractivity contribution in [3.63, 3.8) is 0 Å². The number of nitrogens with one attached hydrogen (secondary N) is 1. The average molecular weight is 100 g/mol. The van der Waals surface area contributed by atoms with Gasteiger partial charge in [0.15, 0.2) is 0 Å². The van der Waals surface area contributed by atoms with Crippen molar-refractivity contribution in [1.82, 2.24) is 0 Å². The Labute approximate surface area is 42.9 Å². The molecule has 0 radical (unpaired) electrons. The molecule has 3 heteroatoms. The second kappa shape index (κ2) is 5.30. The Hall–Kier alpha value is -0.700. The topological polar surface area (TPSA) is 52.8 Å². The molecule has 0 aliphatic rings. The lowest BCUT2D eigenvalue weighted by atomic mass is 10.8. The van der Waals surface area contributed by atoms with Crippen molar-refractivity contribution < 1.29 is 5.43 Å². The molecule has 0 spiro atoms. The first-order valence-corrected chi connectivity index (χ1v) is 2.25. The summed E-state index contributed by atoms with van der Waals surface area (Å²) in [5.41, 5.74) is 1.76. The molecule has 0 saturated heterocycles. The van der Waals surface area contributed by atoms with Crippen LogP contribution >= 0.6 is 0 Å². The summed E-state index contributed by atoms with van der Waals surface area (Å²) in [4.78, 5) is 0. The molecule has 0 aromatic heterocycles. The van der Waals surface area contributed by atoms with Crippen molar-refractivity contribution in [3.05, 3.63) is 0 Å². The fourth-order valence-electron chi connectivity index (χ4n) is 0.209. The molecular formula is C4H10N3+. The quantitative estimate of drug-likeness (QED) is 0.265. The SMILES string of the molecule is CC[NH2+]N=CC=N. The molecule has 0 aliphatic heterocycles. The first-order valence-electron chi connectivity index (χ1n) is 2.25. The van der Waals surface area contributed by atoms with Gasteiger partial charge in [-0.1, -0.05) is 5.10 Å². The van der Waals surface area contributed by atoms with Gasteiger partial charge in [0, 0.05) is 6.21 Å². The largest absolute Gasteiger partial charge is 0.307 e. The molecule has 0 fully saturated rings. The van der Waals surface area contributed by atoms with Crippen LogP contribution in [0, 0.1) is 5.41 Å². The van der Waals surface area contributed by atoms with Crippen LogP contribution in [-0.4, -0.2) is 19.0 Å². The molecule has 0 unspecified atom stereocenters. The van der Waals surface area contributed by atoms with Crippen LogP contribution in [0.2, 0.25) is 0 Å². The smallest absolute Gasteiger partial charge is 0.0998 e. The molecule has 0 saturated carbocycles. The van der Waals surface area contributed by atoms with Crippen LogP contribution in [0.15, 0.2) is 5.10 Å². The summed E-state index contributed by atoms with van der Waals surface area (Å²) in [7, 11) is 0. The summed E-state index contributed by atoms with van der Waals surface area (Å²) in [6.45, 7) is 2.94. The number of hydrogen-bond acceptors (Lipinski definition) is 2. The second-order valence-corrected chi connectivity index (χ2v) is 1.06. The van der Waals surface area contributed by atoms with E-state index in [0.717, 1.165) is 12.8 Å². The lowest BCUT2D eigenvalue weighted by Crippen LogP contribution is -2.77. The Bertz CT molecular complexity index is 67.3. The maximum atomic E-state index is 6.49. The standard InChI is InChI=1S/C4H9N3/c1-2-6-7-4-3-5/h3-6H,2H2,1H3/p+1. The minimum absolute atomic E-state index is 0.935. The average Bonchev–Trinajstić information content (AvgIpc) is 1.69. The van der Waals surface area contributed by atoms with Gasteiger partial charge in [0.2, 0.25) is 0 Å². The molecule has 0 bridgehead atoms. The van der Waals surface area contributed by atoms with E-state index in [0.29, 0.717) is 0 Å². The van der Waals surface area contributed by atoms with Crippen molar-refractivity contribution in [3.8, 4) is 0 Å². The van der Waals surface area contributed by atoms with Gasteiger partial charge >= 0.3 is 0 Å². The minimum atomic E-state index is 0.935. The fourth-order valence-corrected chi connectivity index (χ4v) is 0.209. The number of rotatable bonds is 3. The van der Waals surface area contributed by atoms with Crippen LogP contribution < -0.4 is 5.43 Å². The van der Waals surface area contributed by atoms with E-state index in [2.05, 4.69) is 5.10 Å². The van der Waals surface area contributed by atoms with Crippen LogP contribution in [0.25, 0.3) is 0 Å². The van der Waals surface area contributed by atoms with Crippen molar-refractivity contribution in [2.24, 2.45) is 5.10 Å². The summed E-state index contributed by atoms with van der Waals surface area (Å²) in [6.07, 6.45) is 2.61. The zero-order valence-electron chi connectivity index (χ0n) is 4.39. The van der Waals surface area contributed by atoms with Gasteiger partial charge in [0.1, 0.15) is 0 Å². The maximum absolute atomic E-state index is 6.49. The third kappa shape index (κ3) is 5.30. The van der Waals surface area contributed by atoms with E-state index in [-0.39, 0.29) is 0 Å². The highest BCUT2D eigenvalue weighted by molar-refractivity contribution is 6.14. The molecule has 0 amide bonds. The second-order valence-electron chi connectivity index (χ2n) is 1.06. The van der Waals surface area contributed by atoms with E-state index < -0.39 is 0 Å². The van der Waals surface area contributed by atoms with Gasteiger partial charge in [-0.25, -0.2) is 5.43 Å². The van der Waals surface area contributed by atoms with E-state index in [1.54, 1.807) is 5.43 Å². The molecule has 3 N–H and O–H groups in total. The monoisotopic (exact) mass is 100 g/mol. The van der Waals surface area contributed by atoms with E-state index in [9.17, 15) is 0 Å². The van der Waals surface area contributed by atoms with Gasteiger partial charge in [-0.2, -0.15) is 0 Å². The summed E-state index contributed by atoms with van der Waals surface area (Å²) < 4.78 is 0. The van der Waals surface area contributed by atoms with Gasteiger partial charge in [0.25, 0.3) is 0 Å². The lowest BCUT2D eigenvalue weighted by Gasteiger charge is -1.78. The lowest BCUT2D eigenvalue weighted by molar-refractivity contribution is -0.657. The maximum Gasteiger partial charge on any atom is 0.0998 e. The molecule has 40 valence electrons. The van der Waals surface area contributed by atoms with Crippen molar-refractivity contribution >= 4 is 12.4 Å². The predicted octanol–water partition coefficient (Wildman–Crippen LogP) is -0.795. The van der Waals surface area contributed by atoms with Gasteiger partial charge in [-0.3, -0.25) is 0 Å². The normalized spacial score (nSPS) is 9.86. The van der Waals surface area contributed by atoms with E-state index in [4.69, 9.17) is 5.41 Å². The number of quaternary nitrogens is 1. The summed E-state index contributed by atoms with van der Waals surface area (Å²) in [6, 6.07) is 0. The number of nitrogens with two attached hydrogens (primary N) is 1. The molecule has 0 heterocycles. The molecule has 0 aromatic rings. The fraction of sp³-hybridized carbons (Fsp3) is 0.500. The van der Waals surface area contributed by atoms with E-state index in [1.165, 1.54) is 6.21 Å². The Morgan fingerprint density at radius 2 is 2.57 bits per heavy atom. The van der Waals surface area contributed by atoms with Crippen LogP contribution in [0.4, 0.5) is 0 Å². The Morgan fingerprint density at radius 1 is 1.86 bits per heavy atom. The third-order valence-electron chi connectivity index (χ3n) is 0.449. The minimum Gasteiger partial charge on any atom is -0.307 e. The first kappa shape index (κ1) is 6.30. The number of hydrogen-bond donors (Lipinski definition) is 2. The van der Waals surface area contributed by atoms with Gasteiger partial charge in [-0.15, -0.1) is 0 Å². The van der Waals surface area contributed by atoms with Crippen LogP contribution in [0.1, 0.15) is 6.92 Å². The van der Waals surface area contributed by atoms with Crippen molar-refractivity contribution in [2.75, 3.05) is 6.54 Å². The Balaban J connectivity index is 2.92. The highest BCUT2D eigenvalue weighted by atomic mass is 15.3. The summed E-state index contributed by atoms with van der Waals surface area (Å²) in [5.74, 6) is 0. The van der Waals surface area contributed by atoms with Gasteiger partial charge in [-0.05, 0) is 6.92 Å². The van der Waals surface area contributed by atoms with Gasteiger partial charge in [0.05, 0.1) is 12.8 Å². The zero-order chi connectivity index (χ0) is 5.54. The summed E-state index contributed by atoms with van der Waals surface area (Å²) >= 11 is 0. The van der Waals surface area contributed by atoms with Crippen molar-refractivity contribution in [2.45, 2.75) is 6.92 Å². The molecular weight excluding hydrogens is 90.1 g/mol. The number of nitrogens with zero attached hydrogens (tertiary/aromatic N) is 1. The Kier molecular flexibility index (Phi) is 4.77. The van der Waals surface area contributed by atoms with E-state index >= 15 is 0 Å². The zero-order valence-corrected chi connectivity index (χ0v) is 4.39.